The third kappa shape index (κ3) is 5.44. The highest BCUT2D eigenvalue weighted by atomic mass is 16.2. The Morgan fingerprint density at radius 3 is 2.29 bits per heavy atom. The van der Waals surface area contributed by atoms with Crippen LogP contribution in [0.15, 0.2) is 54.6 Å². The molecule has 0 radical (unpaired) electrons. The summed E-state index contributed by atoms with van der Waals surface area (Å²) in [6, 6.07) is 18.2. The minimum atomic E-state index is 0.0636. The zero-order valence-corrected chi connectivity index (χ0v) is 16.8. The molecule has 28 heavy (non-hydrogen) atoms. The average Bonchev–Trinajstić information content (AvgIpc) is 2.75. The molecule has 0 atom stereocenters. The fourth-order valence-electron chi connectivity index (χ4n) is 3.83. The topological polar surface area (TPSA) is 40.6 Å². The smallest absolute Gasteiger partial charge is 0.223 e. The van der Waals surface area contributed by atoms with Crippen LogP contribution in [0.2, 0.25) is 0 Å². The fraction of sp³-hybridized carbons (Fsp3) is 0.417. The van der Waals surface area contributed by atoms with Gasteiger partial charge in [-0.15, -0.1) is 0 Å². The molecule has 3 rings (SSSR count). The second-order valence-corrected chi connectivity index (χ2v) is 7.51. The molecular formula is C24H30N2O2. The van der Waals surface area contributed by atoms with Crippen LogP contribution in [0.4, 0.5) is 5.69 Å². The summed E-state index contributed by atoms with van der Waals surface area (Å²) in [4.78, 5) is 29.1. The molecule has 4 nitrogen and oxygen atoms in total. The number of nitrogens with zero attached hydrogens (tertiary/aromatic N) is 2. The molecule has 0 saturated heterocycles. The van der Waals surface area contributed by atoms with Crippen LogP contribution in [0.25, 0.3) is 0 Å². The molecule has 1 aliphatic rings. The normalized spacial score (nSPS) is 15.5. The maximum atomic E-state index is 13.0. The second kappa shape index (κ2) is 10.1. The molecule has 1 aliphatic heterocycles. The van der Waals surface area contributed by atoms with Gasteiger partial charge in [-0.2, -0.15) is 0 Å². The summed E-state index contributed by atoms with van der Waals surface area (Å²) >= 11 is 0. The molecule has 0 N–H and O–H groups in total. The standard InChI is InChI=1S/C24H30N2O2/c1-20(27)26-18-10-3-2-9-17-25(19-22-13-7-8-14-23(22)26)24(28)16-15-21-11-5-4-6-12-21/h4-8,11-14H,2-3,9-10,15-19H2,1H3. The number of fused-ring (bicyclic) bond motifs is 1. The lowest BCUT2D eigenvalue weighted by Gasteiger charge is -2.27. The molecule has 2 amide bonds. The van der Waals surface area contributed by atoms with Crippen LogP contribution in [0.1, 0.15) is 50.2 Å². The van der Waals surface area contributed by atoms with Crippen LogP contribution in [-0.4, -0.2) is 29.8 Å². The molecule has 0 spiro atoms. The number of benzene rings is 2. The first-order valence-electron chi connectivity index (χ1n) is 10.3. The van der Waals surface area contributed by atoms with Crippen LogP contribution < -0.4 is 4.90 Å². The monoisotopic (exact) mass is 378 g/mol. The van der Waals surface area contributed by atoms with E-state index in [2.05, 4.69) is 12.1 Å². The maximum Gasteiger partial charge on any atom is 0.223 e. The Balaban J connectivity index is 1.78. The highest BCUT2D eigenvalue weighted by Gasteiger charge is 2.20. The van der Waals surface area contributed by atoms with Crippen LogP contribution >= 0.6 is 0 Å². The van der Waals surface area contributed by atoms with E-state index in [4.69, 9.17) is 0 Å². The summed E-state index contributed by atoms with van der Waals surface area (Å²) in [6.07, 6.45) is 5.46. The van der Waals surface area contributed by atoms with E-state index in [-0.39, 0.29) is 11.8 Å². The molecule has 148 valence electrons. The van der Waals surface area contributed by atoms with Gasteiger partial charge in [0.1, 0.15) is 0 Å². The van der Waals surface area contributed by atoms with Crippen molar-refractivity contribution in [1.82, 2.24) is 4.90 Å². The van der Waals surface area contributed by atoms with Gasteiger partial charge >= 0.3 is 0 Å². The maximum absolute atomic E-state index is 13.0. The molecule has 2 aromatic carbocycles. The zero-order chi connectivity index (χ0) is 19.8. The molecule has 0 bridgehead atoms. The second-order valence-electron chi connectivity index (χ2n) is 7.51. The molecular weight excluding hydrogens is 348 g/mol. The first-order valence-corrected chi connectivity index (χ1v) is 10.3. The van der Waals surface area contributed by atoms with E-state index in [1.54, 1.807) is 6.92 Å². The van der Waals surface area contributed by atoms with Crippen molar-refractivity contribution in [2.75, 3.05) is 18.0 Å². The summed E-state index contributed by atoms with van der Waals surface area (Å²) in [6.45, 7) is 3.71. The number of hydrogen-bond acceptors (Lipinski definition) is 2. The van der Waals surface area contributed by atoms with E-state index in [1.807, 2.05) is 52.3 Å². The van der Waals surface area contributed by atoms with Crippen LogP contribution in [0.5, 0.6) is 0 Å². The quantitative estimate of drug-likeness (QED) is 0.785. The Labute approximate surface area is 168 Å². The van der Waals surface area contributed by atoms with E-state index in [1.165, 1.54) is 5.56 Å². The van der Waals surface area contributed by atoms with Crippen molar-refractivity contribution >= 4 is 17.5 Å². The van der Waals surface area contributed by atoms with Gasteiger partial charge in [-0.3, -0.25) is 9.59 Å². The molecule has 2 aromatic rings. The van der Waals surface area contributed by atoms with Crippen LogP contribution in [0.3, 0.4) is 0 Å². The van der Waals surface area contributed by atoms with Gasteiger partial charge < -0.3 is 9.80 Å². The van der Waals surface area contributed by atoms with Gasteiger partial charge in [0.25, 0.3) is 0 Å². The minimum Gasteiger partial charge on any atom is -0.338 e. The van der Waals surface area contributed by atoms with Crippen molar-refractivity contribution in [3.63, 3.8) is 0 Å². The van der Waals surface area contributed by atoms with Crippen LogP contribution in [-0.2, 0) is 22.6 Å². The highest BCUT2D eigenvalue weighted by molar-refractivity contribution is 5.92. The third-order valence-electron chi connectivity index (χ3n) is 5.41. The van der Waals surface area contributed by atoms with Crippen molar-refractivity contribution in [2.24, 2.45) is 0 Å². The number of aryl methyl sites for hydroxylation is 1. The van der Waals surface area contributed by atoms with Crippen molar-refractivity contribution in [1.29, 1.82) is 0 Å². The number of rotatable bonds is 3. The van der Waals surface area contributed by atoms with Gasteiger partial charge in [-0.1, -0.05) is 61.4 Å². The molecule has 0 aromatic heterocycles. The van der Waals surface area contributed by atoms with E-state index < -0.39 is 0 Å². The minimum absolute atomic E-state index is 0.0636. The summed E-state index contributed by atoms with van der Waals surface area (Å²) in [7, 11) is 0. The van der Waals surface area contributed by atoms with Gasteiger partial charge in [0.15, 0.2) is 0 Å². The Bertz CT molecular complexity index is 788. The van der Waals surface area contributed by atoms with Crippen molar-refractivity contribution in [3.8, 4) is 0 Å². The lowest BCUT2D eigenvalue weighted by molar-refractivity contribution is -0.131. The zero-order valence-electron chi connectivity index (χ0n) is 16.8. The number of carbonyl (C=O) groups excluding carboxylic acids is 2. The summed E-state index contributed by atoms with van der Waals surface area (Å²) in [5, 5.41) is 0. The first-order chi connectivity index (χ1) is 13.6. The van der Waals surface area contributed by atoms with Gasteiger partial charge in [-0.25, -0.2) is 0 Å². The molecule has 0 unspecified atom stereocenters. The summed E-state index contributed by atoms with van der Waals surface area (Å²) < 4.78 is 0. The van der Waals surface area contributed by atoms with Gasteiger partial charge in [0.05, 0.1) is 0 Å². The summed E-state index contributed by atoms with van der Waals surface area (Å²) in [5.74, 6) is 0.251. The predicted octanol–water partition coefficient (Wildman–Crippen LogP) is 4.57. The Hall–Kier alpha value is -2.62. The van der Waals surface area contributed by atoms with E-state index in [0.717, 1.165) is 56.4 Å². The van der Waals surface area contributed by atoms with Crippen molar-refractivity contribution < 1.29 is 9.59 Å². The molecule has 0 fully saturated rings. The van der Waals surface area contributed by atoms with Gasteiger partial charge in [-0.05, 0) is 36.5 Å². The summed E-state index contributed by atoms with van der Waals surface area (Å²) in [5.41, 5.74) is 3.18. The average molecular weight is 379 g/mol. The van der Waals surface area contributed by atoms with Gasteiger partial charge in [0.2, 0.25) is 11.8 Å². The lowest BCUT2D eigenvalue weighted by atomic mass is 10.1. The third-order valence-corrected chi connectivity index (χ3v) is 5.41. The lowest BCUT2D eigenvalue weighted by Crippen LogP contribution is -2.34. The SMILES string of the molecule is CC(=O)N1CCCCCCN(C(=O)CCc2ccccc2)Cc2ccccc21. The van der Waals surface area contributed by atoms with Crippen molar-refractivity contribution in [2.45, 2.75) is 52.0 Å². The largest absolute Gasteiger partial charge is 0.338 e. The Morgan fingerprint density at radius 2 is 1.54 bits per heavy atom. The van der Waals surface area contributed by atoms with Gasteiger partial charge in [0, 0.05) is 38.7 Å². The predicted molar refractivity (Wildman–Crippen MR) is 113 cm³/mol. The Morgan fingerprint density at radius 1 is 0.857 bits per heavy atom. The van der Waals surface area contributed by atoms with Crippen molar-refractivity contribution in [3.05, 3.63) is 65.7 Å². The van der Waals surface area contributed by atoms with Crippen LogP contribution in [0, 0.1) is 0 Å². The molecule has 4 heteroatoms. The van der Waals surface area contributed by atoms with E-state index >= 15 is 0 Å². The number of anilines is 1. The number of hydrogen-bond donors (Lipinski definition) is 0. The van der Waals surface area contributed by atoms with E-state index in [9.17, 15) is 9.59 Å². The fourth-order valence-corrected chi connectivity index (χ4v) is 3.83. The highest BCUT2D eigenvalue weighted by Crippen LogP contribution is 2.24. The number of para-hydroxylation sites is 1. The molecule has 0 saturated carbocycles. The Kier molecular flexibility index (Phi) is 7.24. The van der Waals surface area contributed by atoms with E-state index in [0.29, 0.717) is 13.0 Å². The number of amides is 2. The molecule has 0 aliphatic carbocycles. The molecule has 1 heterocycles. The first kappa shape index (κ1) is 20.1. The number of carbonyl (C=O) groups is 2.